The highest BCUT2D eigenvalue weighted by Gasteiger charge is 2.27. The summed E-state index contributed by atoms with van der Waals surface area (Å²) in [6.45, 7) is 11.5. The smallest absolute Gasteiger partial charge is 0.135 e. The summed E-state index contributed by atoms with van der Waals surface area (Å²) in [4.78, 5) is 0. The zero-order valence-corrected chi connectivity index (χ0v) is 13.7. The van der Waals surface area contributed by atoms with Gasteiger partial charge in [-0.05, 0) is 41.0 Å². The van der Waals surface area contributed by atoms with Crippen LogP contribution in [0, 0.1) is 11.5 Å². The summed E-state index contributed by atoms with van der Waals surface area (Å²) in [6.07, 6.45) is 1.15. The highest BCUT2D eigenvalue weighted by molar-refractivity contribution is 5.35. The summed E-state index contributed by atoms with van der Waals surface area (Å²) in [5, 5.41) is 0. The van der Waals surface area contributed by atoms with Gasteiger partial charge in [0, 0.05) is 6.07 Å². The topological polar surface area (TPSA) is 9.23 Å². The van der Waals surface area contributed by atoms with Crippen molar-refractivity contribution in [3.63, 3.8) is 0 Å². The molecule has 2 aromatic rings. The van der Waals surface area contributed by atoms with Gasteiger partial charge < -0.3 is 4.74 Å². The number of ether oxygens (including phenoxy) is 1. The molecule has 0 atom stereocenters. The molecule has 0 unspecified atom stereocenters. The van der Waals surface area contributed by atoms with Gasteiger partial charge in [-0.25, -0.2) is 0 Å². The van der Waals surface area contributed by atoms with E-state index < -0.39 is 0 Å². The summed E-state index contributed by atoms with van der Waals surface area (Å²) < 4.78 is 5.79. The lowest BCUT2D eigenvalue weighted by Crippen LogP contribution is -2.24. The average molecular weight is 281 g/mol. The third-order valence-corrected chi connectivity index (χ3v) is 3.52. The van der Waals surface area contributed by atoms with E-state index >= 15 is 0 Å². The van der Waals surface area contributed by atoms with Crippen LogP contribution in [-0.2, 0) is 5.41 Å². The van der Waals surface area contributed by atoms with Gasteiger partial charge in [0.15, 0.2) is 0 Å². The Balaban J connectivity index is 2.12. The highest BCUT2D eigenvalue weighted by Crippen LogP contribution is 2.36. The fourth-order valence-electron chi connectivity index (χ4n) is 2.97. The van der Waals surface area contributed by atoms with Crippen molar-refractivity contribution < 1.29 is 4.74 Å². The van der Waals surface area contributed by atoms with Crippen LogP contribution in [0.3, 0.4) is 0 Å². The van der Waals surface area contributed by atoms with Crippen LogP contribution in [0.1, 0.15) is 46.6 Å². The Kier molecular flexibility index (Phi) is 4.41. The molecule has 0 aliphatic heterocycles. The van der Waals surface area contributed by atoms with Crippen LogP contribution in [0.5, 0.6) is 11.5 Å². The van der Waals surface area contributed by atoms with Crippen LogP contribution in [0.25, 0.3) is 0 Å². The van der Waals surface area contributed by atoms with Gasteiger partial charge in [-0.1, -0.05) is 65.0 Å². The van der Waals surface area contributed by atoms with E-state index in [1.54, 1.807) is 0 Å². The first-order valence-corrected chi connectivity index (χ1v) is 7.51. The summed E-state index contributed by atoms with van der Waals surface area (Å²) >= 11 is 0. The van der Waals surface area contributed by atoms with Gasteiger partial charge in [0.2, 0.25) is 0 Å². The molecule has 0 fully saturated rings. The fourth-order valence-corrected chi connectivity index (χ4v) is 2.97. The molecule has 2 rings (SSSR count). The van der Waals surface area contributed by atoms with E-state index in [4.69, 9.17) is 4.74 Å². The summed E-state index contributed by atoms with van der Waals surface area (Å²) in [6, 6.07) is 19.2. The van der Waals surface area contributed by atoms with Crippen molar-refractivity contribution in [3.05, 3.63) is 60.2 Å². The summed E-state index contributed by atoms with van der Waals surface area (Å²) in [5.41, 5.74) is 1.83. The SMILES string of the molecule is CC(C)(C)CC(C)(C)c1ccc(Oc2[c]cccc2)cc1. The fraction of sp³-hybridized carbons (Fsp3) is 0.400. The first-order chi connectivity index (χ1) is 9.76. The van der Waals surface area contributed by atoms with Crippen molar-refractivity contribution in [3.8, 4) is 11.5 Å². The maximum absolute atomic E-state index is 5.79. The zero-order chi connectivity index (χ0) is 15.5. The van der Waals surface area contributed by atoms with E-state index in [1.807, 2.05) is 36.4 Å². The van der Waals surface area contributed by atoms with Crippen molar-refractivity contribution in [2.24, 2.45) is 5.41 Å². The predicted molar refractivity (Wildman–Crippen MR) is 88.9 cm³/mol. The van der Waals surface area contributed by atoms with E-state index in [9.17, 15) is 0 Å². The van der Waals surface area contributed by atoms with Gasteiger partial charge in [-0.15, -0.1) is 0 Å². The zero-order valence-electron chi connectivity index (χ0n) is 13.7. The molecule has 1 heteroatoms. The molecule has 2 aromatic carbocycles. The minimum atomic E-state index is 0.162. The number of rotatable bonds is 4. The second-order valence-corrected chi connectivity index (χ2v) is 7.47. The third kappa shape index (κ3) is 4.63. The lowest BCUT2D eigenvalue weighted by Gasteiger charge is -2.33. The highest BCUT2D eigenvalue weighted by atomic mass is 16.5. The van der Waals surface area contributed by atoms with Gasteiger partial charge in [-0.2, -0.15) is 0 Å². The Labute approximate surface area is 129 Å². The molecule has 0 aromatic heterocycles. The molecule has 0 heterocycles. The van der Waals surface area contributed by atoms with Crippen molar-refractivity contribution in [1.29, 1.82) is 0 Å². The molecular weight excluding hydrogens is 256 g/mol. The molecule has 0 spiro atoms. The maximum Gasteiger partial charge on any atom is 0.135 e. The first kappa shape index (κ1) is 15.6. The first-order valence-electron chi connectivity index (χ1n) is 7.51. The van der Waals surface area contributed by atoms with E-state index in [1.165, 1.54) is 5.56 Å². The summed E-state index contributed by atoms with van der Waals surface area (Å²) in [7, 11) is 0. The van der Waals surface area contributed by atoms with E-state index in [0.717, 1.165) is 17.9 Å². The molecule has 1 radical (unpaired) electrons. The molecule has 0 amide bonds. The Bertz CT molecular complexity index is 559. The Morgan fingerprint density at radius 1 is 0.905 bits per heavy atom. The number of benzene rings is 2. The maximum atomic E-state index is 5.79. The number of hydrogen-bond donors (Lipinski definition) is 0. The molecule has 0 aliphatic rings. The van der Waals surface area contributed by atoms with Crippen LogP contribution >= 0.6 is 0 Å². The van der Waals surface area contributed by atoms with E-state index in [0.29, 0.717) is 5.41 Å². The van der Waals surface area contributed by atoms with Gasteiger partial charge in [0.25, 0.3) is 0 Å². The standard InChI is InChI=1S/C20H25O/c1-19(2,3)15-20(4,5)16-11-13-18(14-12-16)21-17-9-7-6-8-10-17/h6-9,11-14H,15H2,1-5H3. The molecule has 111 valence electrons. The Morgan fingerprint density at radius 2 is 1.57 bits per heavy atom. The van der Waals surface area contributed by atoms with Crippen LogP contribution < -0.4 is 4.74 Å². The molecule has 0 aliphatic carbocycles. The minimum absolute atomic E-state index is 0.162. The van der Waals surface area contributed by atoms with Crippen molar-refractivity contribution >= 4 is 0 Å². The van der Waals surface area contributed by atoms with Crippen molar-refractivity contribution in [2.75, 3.05) is 0 Å². The van der Waals surface area contributed by atoms with E-state index in [2.05, 4.69) is 52.8 Å². The van der Waals surface area contributed by atoms with Gasteiger partial charge in [-0.3, -0.25) is 0 Å². The van der Waals surface area contributed by atoms with Gasteiger partial charge in [0.05, 0.1) is 0 Å². The molecule has 0 bridgehead atoms. The number of hydrogen-bond acceptors (Lipinski definition) is 1. The Morgan fingerprint density at radius 3 is 2.10 bits per heavy atom. The quantitative estimate of drug-likeness (QED) is 0.668. The van der Waals surface area contributed by atoms with Crippen LogP contribution in [0.15, 0.2) is 48.5 Å². The lowest BCUT2D eigenvalue weighted by molar-refractivity contribution is 0.284. The molecule has 0 saturated heterocycles. The van der Waals surface area contributed by atoms with Gasteiger partial charge in [0.1, 0.15) is 11.5 Å². The minimum Gasteiger partial charge on any atom is -0.457 e. The van der Waals surface area contributed by atoms with Crippen molar-refractivity contribution in [2.45, 2.75) is 46.5 Å². The van der Waals surface area contributed by atoms with Crippen LogP contribution in [0.4, 0.5) is 0 Å². The molecule has 1 nitrogen and oxygen atoms in total. The van der Waals surface area contributed by atoms with E-state index in [-0.39, 0.29) is 5.41 Å². The van der Waals surface area contributed by atoms with Crippen LogP contribution in [0.2, 0.25) is 0 Å². The Hall–Kier alpha value is -1.76. The van der Waals surface area contributed by atoms with Crippen molar-refractivity contribution in [1.82, 2.24) is 0 Å². The monoisotopic (exact) mass is 281 g/mol. The molecule has 21 heavy (non-hydrogen) atoms. The molecule has 0 N–H and O–H groups in total. The lowest BCUT2D eigenvalue weighted by atomic mass is 9.72. The van der Waals surface area contributed by atoms with Gasteiger partial charge >= 0.3 is 0 Å². The number of para-hydroxylation sites is 1. The second kappa shape index (κ2) is 5.93. The molecular formula is C20H25O. The third-order valence-electron chi connectivity index (χ3n) is 3.52. The second-order valence-electron chi connectivity index (χ2n) is 7.47. The molecule has 0 saturated carbocycles. The average Bonchev–Trinajstić information content (AvgIpc) is 2.38. The predicted octanol–water partition coefficient (Wildman–Crippen LogP) is 5.99. The summed E-state index contributed by atoms with van der Waals surface area (Å²) in [5.74, 6) is 1.60. The largest absolute Gasteiger partial charge is 0.457 e. The van der Waals surface area contributed by atoms with Crippen LogP contribution in [-0.4, -0.2) is 0 Å². The normalized spacial score (nSPS) is 12.2.